The Bertz CT molecular complexity index is 352. The minimum Gasteiger partial charge on any atom is -0.399 e. The van der Waals surface area contributed by atoms with Crippen LogP contribution in [0.3, 0.4) is 0 Å². The van der Waals surface area contributed by atoms with Crippen molar-refractivity contribution < 1.29 is 4.57 Å². The molecule has 2 rings (SSSR count). The fraction of sp³-hybridized carbons (Fsp3) is 0.400. The zero-order chi connectivity index (χ0) is 9.31. The van der Waals surface area contributed by atoms with Gasteiger partial charge in [0, 0.05) is 23.3 Å². The van der Waals surface area contributed by atoms with Crippen LogP contribution in [0.1, 0.15) is 12.8 Å². The van der Waals surface area contributed by atoms with E-state index in [0.29, 0.717) is 0 Å². The van der Waals surface area contributed by atoms with E-state index in [1.165, 1.54) is 0 Å². The third-order valence-electron chi connectivity index (χ3n) is 2.63. The zero-order valence-electron chi connectivity index (χ0n) is 7.57. The van der Waals surface area contributed by atoms with E-state index in [4.69, 9.17) is 5.73 Å². The third-order valence-corrected chi connectivity index (χ3v) is 5.93. The highest BCUT2D eigenvalue weighted by molar-refractivity contribution is 7.71. The molecule has 13 heavy (non-hydrogen) atoms. The fourth-order valence-corrected chi connectivity index (χ4v) is 4.83. The van der Waals surface area contributed by atoms with Gasteiger partial charge in [0.15, 0.2) is 0 Å². The van der Waals surface area contributed by atoms with Crippen LogP contribution in [0.4, 0.5) is 5.69 Å². The lowest BCUT2D eigenvalue weighted by molar-refractivity contribution is 0.585. The van der Waals surface area contributed by atoms with Crippen LogP contribution >= 0.6 is 7.14 Å². The summed E-state index contributed by atoms with van der Waals surface area (Å²) in [4.78, 5) is 0. The Labute approximate surface area is 78.5 Å². The van der Waals surface area contributed by atoms with Crippen molar-refractivity contribution >= 4 is 18.1 Å². The van der Waals surface area contributed by atoms with Crippen molar-refractivity contribution in [2.75, 3.05) is 18.1 Å². The topological polar surface area (TPSA) is 43.1 Å². The molecule has 0 bridgehead atoms. The van der Waals surface area contributed by atoms with Crippen molar-refractivity contribution in [2.45, 2.75) is 12.8 Å². The molecule has 0 radical (unpaired) electrons. The maximum absolute atomic E-state index is 12.3. The van der Waals surface area contributed by atoms with E-state index < -0.39 is 7.14 Å². The van der Waals surface area contributed by atoms with E-state index in [-0.39, 0.29) is 0 Å². The third kappa shape index (κ3) is 1.64. The van der Waals surface area contributed by atoms with Crippen LogP contribution in [0, 0.1) is 0 Å². The molecule has 2 N–H and O–H groups in total. The first-order valence-electron chi connectivity index (χ1n) is 4.65. The Morgan fingerprint density at radius 2 is 1.92 bits per heavy atom. The van der Waals surface area contributed by atoms with E-state index in [9.17, 15) is 4.57 Å². The van der Waals surface area contributed by atoms with Gasteiger partial charge in [0.05, 0.1) is 0 Å². The van der Waals surface area contributed by atoms with Gasteiger partial charge in [-0.2, -0.15) is 0 Å². The maximum atomic E-state index is 12.3. The fourth-order valence-electron chi connectivity index (χ4n) is 1.88. The number of nitrogens with two attached hydrogens (primary N) is 1. The molecule has 1 aromatic carbocycles. The molecule has 0 atom stereocenters. The summed E-state index contributed by atoms with van der Waals surface area (Å²) in [5.41, 5.74) is 6.39. The van der Waals surface area contributed by atoms with Gasteiger partial charge in [-0.05, 0) is 25.0 Å². The first kappa shape index (κ1) is 8.83. The van der Waals surface area contributed by atoms with Crippen molar-refractivity contribution in [3.63, 3.8) is 0 Å². The first-order chi connectivity index (χ1) is 6.21. The molecule has 0 aromatic heterocycles. The van der Waals surface area contributed by atoms with Gasteiger partial charge in [-0.1, -0.05) is 12.1 Å². The number of hydrogen-bond donors (Lipinski definition) is 1. The van der Waals surface area contributed by atoms with E-state index in [2.05, 4.69) is 0 Å². The highest BCUT2D eigenvalue weighted by Crippen LogP contribution is 2.50. The summed E-state index contributed by atoms with van der Waals surface area (Å²) in [5.74, 6) is 0. The van der Waals surface area contributed by atoms with Crippen LogP contribution < -0.4 is 11.0 Å². The summed E-state index contributed by atoms with van der Waals surface area (Å²) in [6.45, 7) is 0. The quantitative estimate of drug-likeness (QED) is 0.550. The van der Waals surface area contributed by atoms with E-state index in [1.54, 1.807) is 0 Å². The Kier molecular flexibility index (Phi) is 2.17. The average Bonchev–Trinajstić information content (AvgIpc) is 2.54. The lowest BCUT2D eigenvalue weighted by Crippen LogP contribution is -2.06. The number of anilines is 1. The second-order valence-corrected chi connectivity index (χ2v) is 6.83. The molecule has 1 aliphatic rings. The SMILES string of the molecule is Nc1cccc(P2(=O)CCCC2)c1. The van der Waals surface area contributed by atoms with Crippen LogP contribution in [0.15, 0.2) is 24.3 Å². The van der Waals surface area contributed by atoms with Crippen molar-refractivity contribution in [3.05, 3.63) is 24.3 Å². The van der Waals surface area contributed by atoms with Crippen molar-refractivity contribution in [3.8, 4) is 0 Å². The van der Waals surface area contributed by atoms with Gasteiger partial charge < -0.3 is 10.3 Å². The molecule has 1 heterocycles. The largest absolute Gasteiger partial charge is 0.399 e. The van der Waals surface area contributed by atoms with Crippen LogP contribution in [0.25, 0.3) is 0 Å². The predicted molar refractivity (Wildman–Crippen MR) is 57.1 cm³/mol. The Balaban J connectivity index is 2.39. The number of rotatable bonds is 1. The van der Waals surface area contributed by atoms with Crippen molar-refractivity contribution in [1.29, 1.82) is 0 Å². The summed E-state index contributed by atoms with van der Waals surface area (Å²) in [6.07, 6.45) is 3.95. The molecule has 2 nitrogen and oxygen atoms in total. The van der Waals surface area contributed by atoms with Gasteiger partial charge in [0.1, 0.15) is 7.14 Å². The maximum Gasteiger partial charge on any atom is 0.115 e. The molecule has 0 spiro atoms. The van der Waals surface area contributed by atoms with E-state index in [1.807, 2.05) is 24.3 Å². The number of hydrogen-bond acceptors (Lipinski definition) is 2. The Hall–Kier alpha value is -0.750. The Morgan fingerprint density at radius 3 is 2.54 bits per heavy atom. The summed E-state index contributed by atoms with van der Waals surface area (Å²) in [6, 6.07) is 7.54. The standard InChI is InChI=1S/C10H14NOP/c11-9-4-3-5-10(8-9)13(12)6-1-2-7-13/h3-5,8H,1-2,6-7,11H2. The molecule has 1 aliphatic heterocycles. The molecule has 1 saturated heterocycles. The van der Waals surface area contributed by atoms with Gasteiger partial charge in [-0.15, -0.1) is 0 Å². The summed E-state index contributed by atoms with van der Waals surface area (Å²) >= 11 is 0. The number of benzene rings is 1. The number of nitrogen functional groups attached to an aromatic ring is 1. The van der Waals surface area contributed by atoms with E-state index in [0.717, 1.165) is 36.2 Å². The molecule has 0 unspecified atom stereocenters. The van der Waals surface area contributed by atoms with Gasteiger partial charge in [-0.25, -0.2) is 0 Å². The van der Waals surface area contributed by atoms with E-state index >= 15 is 0 Å². The van der Waals surface area contributed by atoms with Crippen LogP contribution in [0.2, 0.25) is 0 Å². The lowest BCUT2D eigenvalue weighted by Gasteiger charge is -2.11. The minimum absolute atomic E-state index is 0.722. The summed E-state index contributed by atoms with van der Waals surface area (Å²) in [7, 11) is -2.03. The van der Waals surface area contributed by atoms with Gasteiger partial charge in [0.25, 0.3) is 0 Å². The smallest absolute Gasteiger partial charge is 0.115 e. The normalized spacial score (nSPS) is 20.3. The minimum atomic E-state index is -2.03. The average molecular weight is 195 g/mol. The highest BCUT2D eigenvalue weighted by atomic mass is 31.2. The molecule has 0 amide bonds. The molecule has 0 saturated carbocycles. The summed E-state index contributed by atoms with van der Waals surface area (Å²) in [5, 5.41) is 0.977. The molecule has 3 heteroatoms. The predicted octanol–water partition coefficient (Wildman–Crippen LogP) is 2.05. The Morgan fingerprint density at radius 1 is 1.23 bits per heavy atom. The van der Waals surface area contributed by atoms with Crippen molar-refractivity contribution in [1.82, 2.24) is 0 Å². The molecular formula is C10H14NOP. The summed E-state index contributed by atoms with van der Waals surface area (Å²) < 4.78 is 12.3. The van der Waals surface area contributed by atoms with Gasteiger partial charge >= 0.3 is 0 Å². The molecule has 70 valence electrons. The molecule has 1 fully saturated rings. The highest BCUT2D eigenvalue weighted by Gasteiger charge is 2.28. The molecule has 1 aromatic rings. The lowest BCUT2D eigenvalue weighted by atomic mass is 10.3. The van der Waals surface area contributed by atoms with Crippen LogP contribution in [0.5, 0.6) is 0 Å². The van der Waals surface area contributed by atoms with Gasteiger partial charge in [0.2, 0.25) is 0 Å². The van der Waals surface area contributed by atoms with Crippen LogP contribution in [-0.2, 0) is 4.57 Å². The van der Waals surface area contributed by atoms with Gasteiger partial charge in [-0.3, -0.25) is 0 Å². The second kappa shape index (κ2) is 3.19. The second-order valence-electron chi connectivity index (χ2n) is 3.64. The first-order valence-corrected chi connectivity index (χ1v) is 6.73. The zero-order valence-corrected chi connectivity index (χ0v) is 8.47. The van der Waals surface area contributed by atoms with Crippen LogP contribution in [-0.4, -0.2) is 12.3 Å². The molecule has 0 aliphatic carbocycles. The van der Waals surface area contributed by atoms with Crippen molar-refractivity contribution in [2.24, 2.45) is 0 Å². The molecular weight excluding hydrogens is 181 g/mol. The monoisotopic (exact) mass is 195 g/mol.